The Hall–Kier alpha value is -0.570. The minimum Gasteiger partial charge on any atom is -0.479 e. The molecule has 0 aromatic rings. The molecule has 0 bridgehead atoms. The van der Waals surface area contributed by atoms with Crippen molar-refractivity contribution in [3.05, 3.63) is 0 Å². The van der Waals surface area contributed by atoms with Crippen LogP contribution < -0.4 is 0 Å². The van der Waals surface area contributed by atoms with E-state index in [1.807, 2.05) is 20.8 Å². The summed E-state index contributed by atoms with van der Waals surface area (Å²) in [6.07, 6.45) is 2.52. The van der Waals surface area contributed by atoms with Crippen molar-refractivity contribution >= 4 is 5.97 Å². The highest BCUT2D eigenvalue weighted by Gasteiger charge is 2.35. The van der Waals surface area contributed by atoms with Gasteiger partial charge in [-0.05, 0) is 39.5 Å². The molecule has 0 heterocycles. The van der Waals surface area contributed by atoms with Crippen LogP contribution in [0.4, 0.5) is 0 Å². The van der Waals surface area contributed by atoms with Gasteiger partial charge in [0.1, 0.15) is 0 Å². The number of hydrogen-bond donors (Lipinski definition) is 1. The van der Waals surface area contributed by atoms with E-state index in [0.29, 0.717) is 0 Å². The Balaban J connectivity index is 2.52. The molecule has 0 amide bonds. The van der Waals surface area contributed by atoms with Crippen LogP contribution in [0.3, 0.4) is 0 Å². The highest BCUT2D eigenvalue weighted by Crippen LogP contribution is 2.33. The molecule has 13 heavy (non-hydrogen) atoms. The molecule has 1 saturated carbocycles. The third kappa shape index (κ3) is 2.99. The summed E-state index contributed by atoms with van der Waals surface area (Å²) in [5, 5.41) is 8.95. The van der Waals surface area contributed by atoms with E-state index >= 15 is 0 Å². The fourth-order valence-corrected chi connectivity index (χ4v) is 1.47. The topological polar surface area (TPSA) is 46.5 Å². The maximum Gasteiger partial charge on any atom is 0.333 e. The van der Waals surface area contributed by atoms with Gasteiger partial charge in [0.25, 0.3) is 0 Å². The van der Waals surface area contributed by atoms with E-state index in [4.69, 9.17) is 9.84 Å². The molecular weight excluding hydrogens is 168 g/mol. The molecule has 0 aliphatic heterocycles. The van der Waals surface area contributed by atoms with E-state index in [0.717, 1.165) is 19.3 Å². The van der Waals surface area contributed by atoms with Gasteiger partial charge < -0.3 is 9.84 Å². The fraction of sp³-hybridized carbons (Fsp3) is 0.900. The van der Waals surface area contributed by atoms with Gasteiger partial charge in [-0.1, -0.05) is 6.42 Å². The summed E-state index contributed by atoms with van der Waals surface area (Å²) >= 11 is 0. The molecule has 1 aliphatic carbocycles. The van der Waals surface area contributed by atoms with Crippen molar-refractivity contribution in [1.29, 1.82) is 0 Å². The summed E-state index contributed by atoms with van der Waals surface area (Å²) in [6, 6.07) is 0. The van der Waals surface area contributed by atoms with Gasteiger partial charge in [-0.3, -0.25) is 0 Å². The highest BCUT2D eigenvalue weighted by molar-refractivity contribution is 5.72. The van der Waals surface area contributed by atoms with Gasteiger partial charge >= 0.3 is 5.97 Å². The van der Waals surface area contributed by atoms with E-state index in [9.17, 15) is 4.79 Å². The van der Waals surface area contributed by atoms with Crippen molar-refractivity contribution < 1.29 is 14.6 Å². The highest BCUT2D eigenvalue weighted by atomic mass is 16.5. The molecule has 0 spiro atoms. The number of rotatable bonds is 3. The van der Waals surface area contributed by atoms with Gasteiger partial charge in [0.15, 0.2) is 6.10 Å². The van der Waals surface area contributed by atoms with Crippen LogP contribution in [0.1, 0.15) is 40.0 Å². The number of aliphatic carboxylic acids is 1. The second-order valence-electron chi connectivity index (χ2n) is 4.68. The Labute approximate surface area is 79.1 Å². The molecule has 1 rings (SSSR count). The first-order chi connectivity index (χ1) is 5.90. The molecule has 3 heteroatoms. The van der Waals surface area contributed by atoms with Crippen molar-refractivity contribution in [2.75, 3.05) is 0 Å². The van der Waals surface area contributed by atoms with Crippen LogP contribution in [0.15, 0.2) is 0 Å². The third-order valence-corrected chi connectivity index (χ3v) is 2.30. The van der Waals surface area contributed by atoms with Crippen LogP contribution in [0.5, 0.6) is 0 Å². The van der Waals surface area contributed by atoms with Gasteiger partial charge in [-0.2, -0.15) is 0 Å². The smallest absolute Gasteiger partial charge is 0.333 e. The minimum atomic E-state index is -0.820. The molecular formula is C10H18O3. The lowest BCUT2D eigenvalue weighted by molar-refractivity contribution is -0.169. The Bertz CT molecular complexity index is 189. The molecule has 1 unspecified atom stereocenters. The van der Waals surface area contributed by atoms with Crippen LogP contribution in [0, 0.1) is 5.92 Å². The van der Waals surface area contributed by atoms with Gasteiger partial charge in [0.05, 0.1) is 5.60 Å². The largest absolute Gasteiger partial charge is 0.479 e. The summed E-state index contributed by atoms with van der Waals surface area (Å²) in [5.74, 6) is -0.587. The van der Waals surface area contributed by atoms with Crippen molar-refractivity contribution in [3.8, 4) is 0 Å². The lowest BCUT2D eigenvalue weighted by Gasteiger charge is -2.35. The molecule has 76 valence electrons. The van der Waals surface area contributed by atoms with Crippen LogP contribution in [0.2, 0.25) is 0 Å². The zero-order valence-corrected chi connectivity index (χ0v) is 8.54. The molecule has 0 aromatic carbocycles. The number of carbonyl (C=O) groups is 1. The molecule has 0 aromatic heterocycles. The summed E-state index contributed by atoms with van der Waals surface area (Å²) in [5.41, 5.74) is -0.362. The zero-order chi connectivity index (χ0) is 10.1. The van der Waals surface area contributed by atoms with Gasteiger partial charge in [-0.25, -0.2) is 4.79 Å². The quantitative estimate of drug-likeness (QED) is 0.733. The van der Waals surface area contributed by atoms with E-state index < -0.39 is 12.1 Å². The average Bonchev–Trinajstić information content (AvgIpc) is 1.78. The first-order valence-electron chi connectivity index (χ1n) is 4.81. The summed E-state index contributed by atoms with van der Waals surface area (Å²) in [6.45, 7) is 5.67. The Morgan fingerprint density at radius 2 is 2.00 bits per heavy atom. The molecule has 1 aliphatic rings. The fourth-order valence-electron chi connectivity index (χ4n) is 1.47. The Morgan fingerprint density at radius 1 is 1.46 bits per heavy atom. The van der Waals surface area contributed by atoms with Crippen LogP contribution in [-0.4, -0.2) is 22.8 Å². The Kier molecular flexibility index (Phi) is 2.96. The lowest BCUT2D eigenvalue weighted by atomic mass is 9.81. The van der Waals surface area contributed by atoms with Crippen molar-refractivity contribution in [2.45, 2.75) is 51.7 Å². The summed E-state index contributed by atoms with van der Waals surface area (Å²) in [4.78, 5) is 10.9. The predicted octanol–water partition coefficient (Wildman–Crippen LogP) is 2.05. The minimum absolute atomic E-state index is 0.233. The van der Waals surface area contributed by atoms with E-state index in [-0.39, 0.29) is 11.5 Å². The van der Waals surface area contributed by atoms with E-state index in [2.05, 4.69) is 0 Å². The third-order valence-electron chi connectivity index (χ3n) is 2.30. The van der Waals surface area contributed by atoms with Crippen molar-refractivity contribution in [1.82, 2.24) is 0 Å². The standard InChI is InChI=1S/C10H18O3/c1-10(2,3)13-8(9(11)12)7-5-4-6-7/h7-8H,4-6H2,1-3H3,(H,11,12). The number of carboxylic acid groups (broad SMARTS) is 1. The maximum absolute atomic E-state index is 10.9. The van der Waals surface area contributed by atoms with Crippen LogP contribution >= 0.6 is 0 Å². The lowest BCUT2D eigenvalue weighted by Crippen LogP contribution is -2.41. The second-order valence-corrected chi connectivity index (χ2v) is 4.68. The van der Waals surface area contributed by atoms with Crippen molar-refractivity contribution in [3.63, 3.8) is 0 Å². The zero-order valence-electron chi connectivity index (χ0n) is 8.54. The predicted molar refractivity (Wildman–Crippen MR) is 49.6 cm³/mol. The van der Waals surface area contributed by atoms with Gasteiger partial charge in [-0.15, -0.1) is 0 Å². The molecule has 1 atom stereocenters. The Morgan fingerprint density at radius 3 is 2.23 bits per heavy atom. The number of ether oxygens (including phenoxy) is 1. The van der Waals surface area contributed by atoms with E-state index in [1.54, 1.807) is 0 Å². The van der Waals surface area contributed by atoms with E-state index in [1.165, 1.54) is 0 Å². The SMILES string of the molecule is CC(C)(C)OC(C(=O)O)C1CCC1. The monoisotopic (exact) mass is 186 g/mol. The van der Waals surface area contributed by atoms with Gasteiger partial charge in [0.2, 0.25) is 0 Å². The number of hydrogen-bond acceptors (Lipinski definition) is 2. The van der Waals surface area contributed by atoms with Gasteiger partial charge in [0, 0.05) is 0 Å². The molecule has 0 radical (unpaired) electrons. The maximum atomic E-state index is 10.9. The average molecular weight is 186 g/mol. The summed E-state index contributed by atoms with van der Waals surface area (Å²) < 4.78 is 5.50. The van der Waals surface area contributed by atoms with Crippen LogP contribution in [-0.2, 0) is 9.53 Å². The second kappa shape index (κ2) is 3.66. The van der Waals surface area contributed by atoms with Crippen molar-refractivity contribution in [2.24, 2.45) is 5.92 Å². The number of carboxylic acids is 1. The normalized spacial score (nSPS) is 20.8. The first-order valence-corrected chi connectivity index (χ1v) is 4.81. The molecule has 1 N–H and O–H groups in total. The first kappa shape index (κ1) is 10.5. The summed E-state index contributed by atoms with van der Waals surface area (Å²) in [7, 11) is 0. The molecule has 1 fully saturated rings. The molecule has 3 nitrogen and oxygen atoms in total. The van der Waals surface area contributed by atoms with Crippen LogP contribution in [0.25, 0.3) is 0 Å². The molecule has 0 saturated heterocycles.